The third kappa shape index (κ3) is 6.21. The summed E-state index contributed by atoms with van der Waals surface area (Å²) in [7, 11) is -3.02. The van der Waals surface area contributed by atoms with Crippen LogP contribution in [-0.2, 0) is 0 Å². The van der Waals surface area contributed by atoms with E-state index in [0.29, 0.717) is 5.52 Å². The van der Waals surface area contributed by atoms with Crippen molar-refractivity contribution in [2.24, 2.45) is 0 Å². The number of aromatic nitrogens is 2. The molecule has 9 aromatic carbocycles. The number of rotatable bonds is 8. The van der Waals surface area contributed by atoms with E-state index in [9.17, 15) is 0 Å². The van der Waals surface area contributed by atoms with Gasteiger partial charge in [-0.25, -0.2) is 0 Å². The zero-order chi connectivity index (χ0) is 50.7. The number of para-hydroxylation sites is 2. The molecule has 1 aliphatic carbocycles. The molecule has 0 bridgehead atoms. The number of benzene rings is 9. The van der Waals surface area contributed by atoms with Gasteiger partial charge in [0.1, 0.15) is 0 Å². The van der Waals surface area contributed by atoms with Gasteiger partial charge in [0.25, 0.3) is 0 Å². The summed E-state index contributed by atoms with van der Waals surface area (Å²) in [5, 5.41) is 8.71. The average Bonchev–Trinajstić information content (AvgIpc) is 3.91. The zero-order valence-corrected chi connectivity index (χ0v) is 35.3. The van der Waals surface area contributed by atoms with Crippen LogP contribution in [0.3, 0.4) is 0 Å². The van der Waals surface area contributed by atoms with E-state index in [1.54, 1.807) is 12.1 Å². The van der Waals surface area contributed by atoms with Gasteiger partial charge in [-0.3, -0.25) is 0 Å². The molecule has 3 heteroatoms. The Labute approximate surface area is 384 Å². The summed E-state index contributed by atoms with van der Waals surface area (Å²) in [6.45, 7) is 0. The first-order chi connectivity index (χ1) is 35.0. The summed E-state index contributed by atoms with van der Waals surface area (Å²) in [5.41, 5.74) is 7.43. The lowest BCUT2D eigenvalue weighted by Crippen LogP contribution is -2.74. The fraction of sp³-hybridized carbons (Fsp3) is 0.100. The molecule has 1 fully saturated rings. The Morgan fingerprint density at radius 3 is 1.46 bits per heavy atom. The first-order valence-electron chi connectivity index (χ1n) is 26.5. The molecule has 302 valence electrons. The highest BCUT2D eigenvalue weighted by molar-refractivity contribution is 7.19. The first-order valence-corrected chi connectivity index (χ1v) is 23.5. The van der Waals surface area contributed by atoms with Crippen LogP contribution in [0.5, 0.6) is 0 Å². The van der Waals surface area contributed by atoms with Gasteiger partial charge in [-0.2, -0.15) is 0 Å². The third-order valence-electron chi connectivity index (χ3n) is 12.9. The lowest BCUT2D eigenvalue weighted by atomic mass is 9.84. The smallest absolute Gasteiger partial charge is 0.179 e. The number of fused-ring (bicyclic) bond motifs is 6. The molecule has 11 aromatic rings. The topological polar surface area (TPSA) is 9.86 Å². The predicted octanol–water partition coefficient (Wildman–Crippen LogP) is 13.0. The monoisotopic (exact) mass is 834 g/mol. The molecule has 0 radical (unpaired) electrons. The maximum absolute atomic E-state index is 9.07. The molecule has 2 aromatic heterocycles. The van der Waals surface area contributed by atoms with Crippen molar-refractivity contribution in [1.29, 1.82) is 0 Å². The van der Waals surface area contributed by atoms with Gasteiger partial charge in [-0.1, -0.05) is 201 Å². The lowest BCUT2D eigenvalue weighted by Gasteiger charge is -2.35. The minimum absolute atomic E-state index is 0.0287. The first kappa shape index (κ1) is 28.4. The second-order valence-electron chi connectivity index (χ2n) is 16.3. The SMILES string of the molecule is [2H]C1([2H])C(c2ccc3c4ccccc4n(-c4ccc5c6ccccc6n(-c6cccc([Si](c7ccccc7)(c7ccccc7)c7ccc(-c8ccccc8)cc7)c6)c5c4)c3c2)C([2H])([2H])C([2H])([2H])C([2H])([2H])C1([2H])[2H]. The van der Waals surface area contributed by atoms with Crippen LogP contribution in [0.1, 0.15) is 57.1 Å². The highest BCUT2D eigenvalue weighted by Crippen LogP contribution is 2.40. The summed E-state index contributed by atoms with van der Waals surface area (Å²) in [4.78, 5) is 0. The molecule has 1 saturated carbocycles. The van der Waals surface area contributed by atoms with Crippen LogP contribution in [-0.4, -0.2) is 17.2 Å². The highest BCUT2D eigenvalue weighted by atomic mass is 28.3. The van der Waals surface area contributed by atoms with Gasteiger partial charge >= 0.3 is 0 Å². The van der Waals surface area contributed by atoms with Crippen molar-refractivity contribution in [3.05, 3.63) is 230 Å². The molecule has 0 N–H and O–H groups in total. The second kappa shape index (κ2) is 15.6. The molecule has 63 heavy (non-hydrogen) atoms. The van der Waals surface area contributed by atoms with Gasteiger partial charge in [-0.05, 0) is 98.6 Å². The van der Waals surface area contributed by atoms with E-state index in [-0.39, 0.29) is 5.56 Å². The van der Waals surface area contributed by atoms with Gasteiger partial charge in [-0.15, -0.1) is 0 Å². The molecule has 2 heterocycles. The van der Waals surface area contributed by atoms with Crippen LogP contribution in [0.4, 0.5) is 0 Å². The van der Waals surface area contributed by atoms with E-state index in [1.807, 2.05) is 47.0 Å². The highest BCUT2D eigenvalue weighted by Gasteiger charge is 2.41. The Kier molecular flexibility index (Phi) is 7.04. The van der Waals surface area contributed by atoms with E-state index in [1.165, 1.54) is 26.8 Å². The van der Waals surface area contributed by atoms with Crippen molar-refractivity contribution in [3.8, 4) is 22.5 Å². The standard InChI is InChI=1S/C60H48N2Si/c1-5-18-43(19-6-1)45-32-36-51(37-33-45)63(49-23-9-3-10-24-49,50-25-11-4-12-26-50)52-27-17-22-47(41-52)61-57-30-15-14-29-54(57)56-39-35-48(42-60(56)61)62-58-31-16-13-28-53(58)55-38-34-46(40-59(55)62)44-20-7-2-8-21-44/h1,3-6,9-19,22-42,44H,2,7-8,20-21H2/i2D2,7D2,8D2,20D2,21D2. The van der Waals surface area contributed by atoms with Gasteiger partial charge in [0, 0.05) is 46.6 Å². The van der Waals surface area contributed by atoms with Crippen LogP contribution >= 0.6 is 0 Å². The van der Waals surface area contributed by atoms with E-state index < -0.39 is 45.9 Å². The van der Waals surface area contributed by atoms with Gasteiger partial charge < -0.3 is 9.13 Å². The summed E-state index contributed by atoms with van der Waals surface area (Å²) >= 11 is 0. The largest absolute Gasteiger partial charge is 0.309 e. The third-order valence-corrected chi connectivity index (χ3v) is 17.7. The van der Waals surface area contributed by atoms with Crippen LogP contribution in [0.15, 0.2) is 224 Å². The Morgan fingerprint density at radius 2 is 0.825 bits per heavy atom. The fourth-order valence-corrected chi connectivity index (χ4v) is 14.8. The van der Waals surface area contributed by atoms with E-state index >= 15 is 0 Å². The van der Waals surface area contributed by atoms with Crippen LogP contribution < -0.4 is 20.7 Å². The maximum atomic E-state index is 9.07. The van der Waals surface area contributed by atoms with Gasteiger partial charge in [0.05, 0.1) is 22.1 Å². The number of hydrogen-bond acceptors (Lipinski definition) is 0. The maximum Gasteiger partial charge on any atom is 0.179 e. The predicted molar refractivity (Wildman–Crippen MR) is 270 cm³/mol. The molecule has 0 atom stereocenters. The Balaban J connectivity index is 1.08. The molecule has 1 aliphatic rings. The summed E-state index contributed by atoms with van der Waals surface area (Å²) < 4.78 is 92.4. The second-order valence-corrected chi connectivity index (χ2v) is 20.1. The van der Waals surface area contributed by atoms with Crippen molar-refractivity contribution in [2.45, 2.75) is 37.8 Å². The molecule has 0 aliphatic heterocycles. The molecule has 0 unspecified atom stereocenters. The molecular weight excluding hydrogens is 777 g/mol. The Bertz CT molecular complexity index is 3840. The van der Waals surface area contributed by atoms with Crippen molar-refractivity contribution in [2.75, 3.05) is 0 Å². The number of nitrogens with zero attached hydrogens (tertiary/aromatic N) is 2. The molecule has 2 nitrogen and oxygen atoms in total. The summed E-state index contributed by atoms with van der Waals surface area (Å²) in [6, 6.07) is 77.7. The summed E-state index contributed by atoms with van der Waals surface area (Å²) in [5.74, 6) is -2.01. The Morgan fingerprint density at radius 1 is 0.349 bits per heavy atom. The quantitative estimate of drug-likeness (QED) is 0.107. The normalized spacial score (nSPS) is 20.0. The van der Waals surface area contributed by atoms with Crippen LogP contribution in [0.25, 0.3) is 66.1 Å². The van der Waals surface area contributed by atoms with Crippen molar-refractivity contribution in [1.82, 2.24) is 9.13 Å². The lowest BCUT2D eigenvalue weighted by molar-refractivity contribution is 0.444. The fourth-order valence-electron chi connectivity index (χ4n) is 10.1. The van der Waals surface area contributed by atoms with E-state index in [0.717, 1.165) is 60.6 Å². The zero-order valence-electron chi connectivity index (χ0n) is 44.3. The van der Waals surface area contributed by atoms with Crippen molar-refractivity contribution in [3.63, 3.8) is 0 Å². The molecule has 0 amide bonds. The van der Waals surface area contributed by atoms with E-state index in [4.69, 9.17) is 13.7 Å². The van der Waals surface area contributed by atoms with Gasteiger partial charge in [0.2, 0.25) is 0 Å². The van der Waals surface area contributed by atoms with Crippen molar-refractivity contribution < 1.29 is 13.7 Å². The minimum Gasteiger partial charge on any atom is -0.309 e. The molecule has 0 spiro atoms. The van der Waals surface area contributed by atoms with Crippen molar-refractivity contribution >= 4 is 72.4 Å². The molecular formula is C60H48N2Si. The summed E-state index contributed by atoms with van der Waals surface area (Å²) in [6.07, 6.45) is -16.6. The van der Waals surface area contributed by atoms with E-state index in [2.05, 4.69) is 168 Å². The molecule has 12 rings (SSSR count). The Hall–Kier alpha value is -7.20. The van der Waals surface area contributed by atoms with Gasteiger partial charge in [0.15, 0.2) is 8.07 Å². The molecule has 0 saturated heterocycles. The van der Waals surface area contributed by atoms with Crippen LogP contribution in [0, 0.1) is 0 Å². The minimum atomic E-state index is -3.49. The number of hydrogen-bond donors (Lipinski definition) is 0. The van der Waals surface area contributed by atoms with Crippen LogP contribution in [0.2, 0.25) is 0 Å². The average molecular weight is 835 g/mol.